The molecule has 0 amide bonds. The minimum Gasteiger partial charge on any atom is -0.496 e. The van der Waals surface area contributed by atoms with Crippen molar-refractivity contribution in [3.05, 3.63) is 29.3 Å². The molecule has 0 heterocycles. The van der Waals surface area contributed by atoms with Gasteiger partial charge in [-0.1, -0.05) is 0 Å². The Morgan fingerprint density at radius 1 is 1.04 bits per heavy atom. The quantitative estimate of drug-likeness (QED) is 0.587. The van der Waals surface area contributed by atoms with Crippen molar-refractivity contribution in [2.24, 2.45) is 0 Å². The zero-order valence-corrected chi connectivity index (χ0v) is 15.2. The molecule has 0 aliphatic heterocycles. The van der Waals surface area contributed by atoms with Crippen molar-refractivity contribution in [1.29, 1.82) is 0 Å². The molecule has 0 bridgehead atoms. The maximum atomic E-state index is 11.9. The molecule has 0 unspecified atom stereocenters. The van der Waals surface area contributed by atoms with E-state index >= 15 is 0 Å². The first kappa shape index (κ1) is 19.5. The van der Waals surface area contributed by atoms with Crippen LogP contribution in [-0.4, -0.2) is 38.9 Å². The summed E-state index contributed by atoms with van der Waals surface area (Å²) < 4.78 is 20.6. The summed E-state index contributed by atoms with van der Waals surface area (Å²) in [6, 6.07) is 3.51. The molecule has 0 aliphatic rings. The third-order valence-electron chi connectivity index (χ3n) is 3.50. The molecule has 1 aromatic carbocycles. The normalized spacial score (nSPS) is 11.7. The Kier molecular flexibility index (Phi) is 6.40. The summed E-state index contributed by atoms with van der Waals surface area (Å²) in [4.78, 5) is 23.4. The van der Waals surface area contributed by atoms with E-state index in [2.05, 4.69) is 4.74 Å². The molecule has 1 aromatic rings. The number of aryl methyl sites for hydroxylation is 1. The molecule has 0 aliphatic carbocycles. The van der Waals surface area contributed by atoms with Crippen LogP contribution in [-0.2, 0) is 19.1 Å². The van der Waals surface area contributed by atoms with E-state index < -0.39 is 17.5 Å². The van der Waals surface area contributed by atoms with Crippen LogP contribution >= 0.6 is 0 Å². The molecule has 0 saturated heterocycles. The molecule has 0 N–H and O–H groups in total. The minimum atomic E-state index is -1.18. The fourth-order valence-electron chi connectivity index (χ4n) is 2.15. The maximum absolute atomic E-state index is 11.9. The highest BCUT2D eigenvalue weighted by atomic mass is 16.6. The van der Waals surface area contributed by atoms with Gasteiger partial charge < -0.3 is 18.9 Å². The first-order valence-electron chi connectivity index (χ1n) is 7.39. The second-order valence-electron chi connectivity index (χ2n) is 5.77. The number of methoxy groups -OCH3 is 3. The average molecular weight is 336 g/mol. The molecule has 0 saturated carbocycles. The van der Waals surface area contributed by atoms with Crippen LogP contribution in [0.3, 0.4) is 0 Å². The smallest absolute Gasteiger partial charge is 0.349 e. The van der Waals surface area contributed by atoms with E-state index in [0.717, 1.165) is 5.56 Å². The molecule has 132 valence electrons. The predicted molar refractivity (Wildman–Crippen MR) is 90.1 cm³/mol. The summed E-state index contributed by atoms with van der Waals surface area (Å²) in [6.45, 7) is 6.84. The van der Waals surface area contributed by atoms with Gasteiger partial charge in [0.1, 0.15) is 11.5 Å². The van der Waals surface area contributed by atoms with Crippen LogP contribution in [0.25, 0.3) is 5.57 Å². The van der Waals surface area contributed by atoms with E-state index in [1.165, 1.54) is 20.3 Å². The summed E-state index contributed by atoms with van der Waals surface area (Å²) in [7, 11) is 4.17. The van der Waals surface area contributed by atoms with Gasteiger partial charge in [-0.25, -0.2) is 9.59 Å². The fraction of sp³-hybridized carbons (Fsp3) is 0.444. The van der Waals surface area contributed by atoms with E-state index in [4.69, 9.17) is 14.2 Å². The molecule has 1 rings (SSSR count). The number of rotatable bonds is 6. The highest BCUT2D eigenvalue weighted by Gasteiger charge is 2.32. The van der Waals surface area contributed by atoms with Crippen molar-refractivity contribution in [2.75, 3.05) is 21.3 Å². The lowest BCUT2D eigenvalue weighted by molar-refractivity contribution is -0.156. The van der Waals surface area contributed by atoms with E-state index in [1.807, 2.05) is 6.92 Å². The van der Waals surface area contributed by atoms with E-state index in [-0.39, 0.29) is 0 Å². The number of allylic oxidation sites excluding steroid dienone is 1. The van der Waals surface area contributed by atoms with Crippen molar-refractivity contribution in [3.63, 3.8) is 0 Å². The Hall–Kier alpha value is -2.50. The summed E-state index contributed by atoms with van der Waals surface area (Å²) >= 11 is 0. The second kappa shape index (κ2) is 7.86. The van der Waals surface area contributed by atoms with Crippen LogP contribution in [0.2, 0.25) is 0 Å². The van der Waals surface area contributed by atoms with Crippen LogP contribution in [0.4, 0.5) is 0 Å². The van der Waals surface area contributed by atoms with E-state index in [0.29, 0.717) is 22.6 Å². The standard InChI is InChI=1S/C18H24O6/c1-11(9-16(19)22-6)13-10-14(21-5)12(2)8-15(13)24-18(3,4)17(20)23-7/h8-10H,1-7H3/b11-9-. The van der Waals surface area contributed by atoms with Gasteiger partial charge in [-0.3, -0.25) is 0 Å². The Labute approximate surface area is 142 Å². The first-order chi connectivity index (χ1) is 11.2. The number of esters is 2. The minimum absolute atomic E-state index is 0.446. The lowest BCUT2D eigenvalue weighted by atomic mass is 10.0. The molecule has 0 atom stereocenters. The van der Waals surface area contributed by atoms with Gasteiger partial charge in [0.2, 0.25) is 0 Å². The number of hydrogen-bond donors (Lipinski definition) is 0. The van der Waals surface area contributed by atoms with Gasteiger partial charge in [0.05, 0.1) is 21.3 Å². The first-order valence-corrected chi connectivity index (χ1v) is 7.39. The number of hydrogen-bond acceptors (Lipinski definition) is 6. The lowest BCUT2D eigenvalue weighted by Crippen LogP contribution is -2.39. The number of ether oxygens (including phenoxy) is 4. The van der Waals surface area contributed by atoms with Crippen molar-refractivity contribution in [1.82, 2.24) is 0 Å². The van der Waals surface area contributed by atoms with Crippen LogP contribution < -0.4 is 9.47 Å². The van der Waals surface area contributed by atoms with Crippen LogP contribution in [0, 0.1) is 6.92 Å². The fourth-order valence-corrected chi connectivity index (χ4v) is 2.15. The summed E-state index contributed by atoms with van der Waals surface area (Å²) in [5.41, 5.74) is 0.897. The molecular weight excluding hydrogens is 312 g/mol. The molecule has 6 nitrogen and oxygen atoms in total. The largest absolute Gasteiger partial charge is 0.496 e. The number of carbonyl (C=O) groups excluding carboxylic acids is 2. The third kappa shape index (κ3) is 4.50. The van der Waals surface area contributed by atoms with Crippen molar-refractivity contribution in [3.8, 4) is 11.5 Å². The number of carbonyl (C=O) groups is 2. The van der Waals surface area contributed by atoms with Gasteiger partial charge >= 0.3 is 11.9 Å². The predicted octanol–water partition coefficient (Wildman–Crippen LogP) is 2.91. The topological polar surface area (TPSA) is 71.1 Å². The van der Waals surface area contributed by atoms with Gasteiger partial charge in [0.15, 0.2) is 5.60 Å². The highest BCUT2D eigenvalue weighted by molar-refractivity contribution is 5.92. The Morgan fingerprint density at radius 3 is 2.17 bits per heavy atom. The monoisotopic (exact) mass is 336 g/mol. The zero-order chi connectivity index (χ0) is 18.5. The Morgan fingerprint density at radius 2 is 1.67 bits per heavy atom. The summed E-state index contributed by atoms with van der Waals surface area (Å²) in [5.74, 6) is 0.105. The van der Waals surface area contributed by atoms with E-state index in [1.54, 1.807) is 40.0 Å². The maximum Gasteiger partial charge on any atom is 0.349 e. The molecule has 0 aromatic heterocycles. The Balaban J connectivity index is 3.42. The SMILES string of the molecule is COC(=O)/C=C(/C)c1cc(OC)c(C)cc1OC(C)(C)C(=O)OC. The van der Waals surface area contributed by atoms with Gasteiger partial charge in [-0.15, -0.1) is 0 Å². The molecule has 24 heavy (non-hydrogen) atoms. The van der Waals surface area contributed by atoms with Crippen LogP contribution in [0.5, 0.6) is 11.5 Å². The number of benzene rings is 1. The second-order valence-corrected chi connectivity index (χ2v) is 5.77. The zero-order valence-electron chi connectivity index (χ0n) is 15.2. The highest BCUT2D eigenvalue weighted by Crippen LogP contribution is 2.35. The summed E-state index contributed by atoms with van der Waals surface area (Å²) in [6.07, 6.45) is 1.35. The molecule has 6 heteroatoms. The van der Waals surface area contributed by atoms with Crippen LogP contribution in [0.1, 0.15) is 31.9 Å². The van der Waals surface area contributed by atoms with Crippen molar-refractivity contribution >= 4 is 17.5 Å². The van der Waals surface area contributed by atoms with Crippen molar-refractivity contribution in [2.45, 2.75) is 33.3 Å². The van der Waals surface area contributed by atoms with E-state index in [9.17, 15) is 9.59 Å². The van der Waals surface area contributed by atoms with Gasteiger partial charge in [-0.05, 0) is 51.0 Å². The van der Waals surface area contributed by atoms with Gasteiger partial charge in [0, 0.05) is 11.6 Å². The molecule has 0 spiro atoms. The van der Waals surface area contributed by atoms with Gasteiger partial charge in [-0.2, -0.15) is 0 Å². The lowest BCUT2D eigenvalue weighted by Gasteiger charge is -2.26. The molecule has 0 fully saturated rings. The van der Waals surface area contributed by atoms with Crippen molar-refractivity contribution < 1.29 is 28.5 Å². The van der Waals surface area contributed by atoms with Crippen LogP contribution in [0.15, 0.2) is 18.2 Å². The molecule has 0 radical (unpaired) electrons. The molecular formula is C18H24O6. The average Bonchev–Trinajstić information content (AvgIpc) is 2.53. The summed E-state index contributed by atoms with van der Waals surface area (Å²) in [5, 5.41) is 0. The van der Waals surface area contributed by atoms with Gasteiger partial charge in [0.25, 0.3) is 0 Å². The third-order valence-corrected chi connectivity index (χ3v) is 3.50. The Bertz CT molecular complexity index is 658.